The average Bonchev–Trinajstić information content (AvgIpc) is 2.79. The molecule has 6 nitrogen and oxygen atoms in total. The summed E-state index contributed by atoms with van der Waals surface area (Å²) in [5.41, 5.74) is 2.37. The molecule has 1 N–H and O–H groups in total. The lowest BCUT2D eigenvalue weighted by molar-refractivity contribution is 0.253. The fourth-order valence-electron chi connectivity index (χ4n) is 3.10. The van der Waals surface area contributed by atoms with E-state index in [4.69, 9.17) is 4.74 Å². The number of urea groups is 1. The third-order valence-electron chi connectivity index (χ3n) is 4.58. The van der Waals surface area contributed by atoms with Crippen LogP contribution in [0.1, 0.15) is 18.9 Å². The number of carbonyl (C=O) groups excluding carboxylic acids is 1. The third kappa shape index (κ3) is 5.73. The van der Waals surface area contributed by atoms with E-state index < -0.39 is 16.1 Å². The number of benzene rings is 3. The first-order valence-corrected chi connectivity index (χ1v) is 11.3. The van der Waals surface area contributed by atoms with Gasteiger partial charge in [-0.15, -0.1) is 0 Å². The molecule has 0 unspecified atom stereocenters. The highest BCUT2D eigenvalue weighted by molar-refractivity contribution is 7.93. The van der Waals surface area contributed by atoms with Crippen molar-refractivity contribution in [3.05, 3.63) is 95.9 Å². The van der Waals surface area contributed by atoms with Gasteiger partial charge in [0, 0.05) is 0 Å². The number of sulfonamides is 1. The van der Waals surface area contributed by atoms with Crippen molar-refractivity contribution in [2.75, 3.05) is 12.0 Å². The molecule has 0 aliphatic rings. The Morgan fingerprint density at radius 1 is 0.935 bits per heavy atom. The SMILES string of the molecule is CCC(=CS(=O)(=O)NC(=O)N(c1ccccc1)c1ccccc1)c1cccc(OC)c1. The molecule has 31 heavy (non-hydrogen) atoms. The summed E-state index contributed by atoms with van der Waals surface area (Å²) in [6.07, 6.45) is 0.462. The Labute approximate surface area is 182 Å². The predicted octanol–water partition coefficient (Wildman–Crippen LogP) is 5.32. The minimum absolute atomic E-state index is 0.462. The number of hydrogen-bond donors (Lipinski definition) is 1. The highest BCUT2D eigenvalue weighted by atomic mass is 32.2. The van der Waals surface area contributed by atoms with E-state index in [0.29, 0.717) is 34.7 Å². The second-order valence-electron chi connectivity index (χ2n) is 6.69. The van der Waals surface area contributed by atoms with Gasteiger partial charge >= 0.3 is 6.03 Å². The van der Waals surface area contributed by atoms with Gasteiger partial charge in [-0.3, -0.25) is 4.90 Å². The molecule has 0 saturated carbocycles. The van der Waals surface area contributed by atoms with Crippen molar-refractivity contribution < 1.29 is 17.9 Å². The van der Waals surface area contributed by atoms with E-state index in [1.165, 1.54) is 4.90 Å². The first kappa shape index (κ1) is 22.1. The van der Waals surface area contributed by atoms with Crippen molar-refractivity contribution in [3.63, 3.8) is 0 Å². The molecule has 0 fully saturated rings. The molecule has 0 aliphatic heterocycles. The molecule has 160 valence electrons. The summed E-state index contributed by atoms with van der Waals surface area (Å²) in [4.78, 5) is 14.4. The minimum atomic E-state index is -4.06. The van der Waals surface area contributed by atoms with E-state index in [2.05, 4.69) is 4.72 Å². The van der Waals surface area contributed by atoms with Gasteiger partial charge in [-0.2, -0.15) is 0 Å². The van der Waals surface area contributed by atoms with Crippen LogP contribution in [0, 0.1) is 0 Å². The molecule has 0 spiro atoms. The Kier molecular flexibility index (Phi) is 7.10. The molecule has 0 aromatic heterocycles. The fourth-order valence-corrected chi connectivity index (χ4v) is 4.17. The molecular formula is C24H24N2O4S. The van der Waals surface area contributed by atoms with Gasteiger partial charge in [-0.05, 0) is 54.0 Å². The van der Waals surface area contributed by atoms with Gasteiger partial charge in [0.15, 0.2) is 0 Å². The molecule has 0 radical (unpaired) electrons. The zero-order chi connectivity index (χ0) is 22.3. The number of anilines is 2. The van der Waals surface area contributed by atoms with Crippen LogP contribution in [0.4, 0.5) is 16.2 Å². The Hall–Kier alpha value is -3.58. The monoisotopic (exact) mass is 436 g/mol. The highest BCUT2D eigenvalue weighted by Crippen LogP contribution is 2.26. The molecule has 2 amide bonds. The van der Waals surface area contributed by atoms with Gasteiger partial charge < -0.3 is 4.74 Å². The fraction of sp³-hybridized carbons (Fsp3) is 0.125. The van der Waals surface area contributed by atoms with Crippen LogP contribution >= 0.6 is 0 Å². The molecule has 0 atom stereocenters. The highest BCUT2D eigenvalue weighted by Gasteiger charge is 2.22. The molecule has 0 heterocycles. The Morgan fingerprint density at radius 2 is 1.52 bits per heavy atom. The second-order valence-corrected chi connectivity index (χ2v) is 8.22. The lowest BCUT2D eigenvalue weighted by Crippen LogP contribution is -2.39. The van der Waals surface area contributed by atoms with E-state index in [-0.39, 0.29) is 0 Å². The molecular weight excluding hydrogens is 412 g/mol. The number of amides is 2. The Balaban J connectivity index is 1.92. The quantitative estimate of drug-likeness (QED) is 0.544. The molecule has 3 aromatic rings. The van der Waals surface area contributed by atoms with Gasteiger partial charge in [-0.1, -0.05) is 55.5 Å². The van der Waals surface area contributed by atoms with Crippen molar-refractivity contribution in [2.45, 2.75) is 13.3 Å². The molecule has 7 heteroatoms. The number of rotatable bonds is 7. The lowest BCUT2D eigenvalue weighted by atomic mass is 10.1. The third-order valence-corrected chi connectivity index (χ3v) is 5.63. The average molecular weight is 437 g/mol. The second kappa shape index (κ2) is 9.95. The number of ether oxygens (including phenoxy) is 1. The van der Waals surface area contributed by atoms with Gasteiger partial charge in [-0.25, -0.2) is 17.9 Å². The maximum Gasteiger partial charge on any atom is 0.340 e. The predicted molar refractivity (Wildman–Crippen MR) is 124 cm³/mol. The van der Waals surface area contributed by atoms with Crippen molar-refractivity contribution in [1.29, 1.82) is 0 Å². The van der Waals surface area contributed by atoms with Crippen LogP contribution < -0.4 is 14.4 Å². The molecule has 0 bridgehead atoms. The van der Waals surface area contributed by atoms with Crippen LogP contribution in [0.15, 0.2) is 90.3 Å². The van der Waals surface area contributed by atoms with E-state index in [0.717, 1.165) is 5.41 Å². The zero-order valence-corrected chi connectivity index (χ0v) is 18.2. The van der Waals surface area contributed by atoms with Crippen LogP contribution in [0.2, 0.25) is 0 Å². The minimum Gasteiger partial charge on any atom is -0.497 e. The molecule has 0 saturated heterocycles. The molecule has 3 aromatic carbocycles. The maximum absolute atomic E-state index is 13.1. The van der Waals surface area contributed by atoms with E-state index >= 15 is 0 Å². The Morgan fingerprint density at radius 3 is 2.03 bits per heavy atom. The van der Waals surface area contributed by atoms with Crippen molar-refractivity contribution >= 4 is 33.0 Å². The number of nitrogens with one attached hydrogen (secondary N) is 1. The summed E-state index contributed by atoms with van der Waals surface area (Å²) in [6, 6.07) is 24.1. The van der Waals surface area contributed by atoms with Crippen molar-refractivity contribution in [2.24, 2.45) is 0 Å². The molecule has 0 aliphatic carbocycles. The van der Waals surface area contributed by atoms with E-state index in [1.54, 1.807) is 79.9 Å². The first-order chi connectivity index (χ1) is 14.9. The largest absolute Gasteiger partial charge is 0.497 e. The summed E-state index contributed by atoms with van der Waals surface area (Å²) < 4.78 is 33.1. The van der Waals surface area contributed by atoms with Gasteiger partial charge in [0.2, 0.25) is 0 Å². The summed E-state index contributed by atoms with van der Waals surface area (Å²) in [6.45, 7) is 1.85. The summed E-state index contributed by atoms with van der Waals surface area (Å²) in [5, 5.41) is 1.09. The smallest absolute Gasteiger partial charge is 0.340 e. The summed E-state index contributed by atoms with van der Waals surface area (Å²) >= 11 is 0. The summed E-state index contributed by atoms with van der Waals surface area (Å²) in [7, 11) is -2.52. The van der Waals surface area contributed by atoms with Crippen LogP contribution in [0.3, 0.4) is 0 Å². The summed E-state index contributed by atoms with van der Waals surface area (Å²) in [5.74, 6) is 0.623. The van der Waals surface area contributed by atoms with Crippen LogP contribution in [0.25, 0.3) is 5.57 Å². The number of methoxy groups -OCH3 is 1. The topological polar surface area (TPSA) is 75.7 Å². The van der Waals surface area contributed by atoms with Gasteiger partial charge in [0.1, 0.15) is 5.75 Å². The van der Waals surface area contributed by atoms with Crippen LogP contribution in [-0.4, -0.2) is 21.6 Å². The number of carbonyl (C=O) groups is 1. The number of nitrogens with zero attached hydrogens (tertiary/aromatic N) is 1. The van der Waals surface area contributed by atoms with Crippen molar-refractivity contribution in [3.8, 4) is 5.75 Å². The lowest BCUT2D eigenvalue weighted by Gasteiger charge is -2.23. The van der Waals surface area contributed by atoms with Gasteiger partial charge in [0.05, 0.1) is 23.9 Å². The Bertz CT molecular complexity index is 1120. The number of allylic oxidation sites excluding steroid dienone is 1. The van der Waals surface area contributed by atoms with E-state index in [1.807, 2.05) is 19.1 Å². The van der Waals surface area contributed by atoms with Crippen LogP contribution in [-0.2, 0) is 10.0 Å². The number of para-hydroxylation sites is 2. The standard InChI is InChI=1S/C24H24N2O4S/c1-3-19(20-11-10-16-23(17-20)30-2)18-31(28,29)25-24(27)26(21-12-6-4-7-13-21)22-14-8-5-9-15-22/h4-18H,3H2,1-2H3,(H,25,27). The normalized spacial score (nSPS) is 11.6. The maximum atomic E-state index is 13.1. The first-order valence-electron chi connectivity index (χ1n) is 9.75. The van der Waals surface area contributed by atoms with Crippen molar-refractivity contribution in [1.82, 2.24) is 4.72 Å². The van der Waals surface area contributed by atoms with Crippen LogP contribution in [0.5, 0.6) is 5.75 Å². The van der Waals surface area contributed by atoms with E-state index in [9.17, 15) is 13.2 Å². The molecule has 3 rings (SSSR count). The van der Waals surface area contributed by atoms with Gasteiger partial charge in [0.25, 0.3) is 10.0 Å². The zero-order valence-electron chi connectivity index (χ0n) is 17.4. The number of hydrogen-bond acceptors (Lipinski definition) is 4.